The second-order valence-corrected chi connectivity index (χ2v) is 10.6. The van der Waals surface area contributed by atoms with E-state index in [1.54, 1.807) is 58.9 Å². The first-order valence-corrected chi connectivity index (χ1v) is 12.5. The molecule has 3 amide bonds. The molecular weight excluding hydrogens is 498 g/mol. The standard InChI is InChI=1S/C26H37N3O9/c1-25(2,3)38-19(31)13-17(27-24(34)35-14-16-9-7-6-8-10-16)22(32)28-20-21(29(11-12-30)23(20)33)18-15-36-26(4,5)37-18/h6-10,17-18,20-21,30H,11-15H2,1-5H3,(H,27,34)(H,28,32)/t17-,18+,20-,21-/m0/s1. The van der Waals surface area contributed by atoms with Crippen molar-refractivity contribution in [2.45, 2.75) is 83.3 Å². The van der Waals surface area contributed by atoms with Gasteiger partial charge in [-0.1, -0.05) is 30.3 Å². The molecule has 2 aliphatic heterocycles. The lowest BCUT2D eigenvalue weighted by Gasteiger charge is -2.49. The minimum Gasteiger partial charge on any atom is -0.460 e. The Morgan fingerprint density at radius 3 is 2.47 bits per heavy atom. The van der Waals surface area contributed by atoms with Crippen LogP contribution in [0.2, 0.25) is 0 Å². The van der Waals surface area contributed by atoms with Crippen LogP contribution < -0.4 is 10.6 Å². The van der Waals surface area contributed by atoms with Crippen molar-refractivity contribution >= 4 is 23.9 Å². The highest BCUT2D eigenvalue weighted by Crippen LogP contribution is 2.32. The van der Waals surface area contributed by atoms with Gasteiger partial charge in [0.2, 0.25) is 11.8 Å². The van der Waals surface area contributed by atoms with Gasteiger partial charge in [0.1, 0.15) is 30.4 Å². The minimum atomic E-state index is -1.37. The number of carbonyl (C=O) groups is 4. The third-order valence-electron chi connectivity index (χ3n) is 5.91. The third kappa shape index (κ3) is 7.89. The van der Waals surface area contributed by atoms with Crippen molar-refractivity contribution in [2.24, 2.45) is 0 Å². The number of nitrogens with zero attached hydrogens (tertiary/aromatic N) is 1. The average molecular weight is 536 g/mol. The lowest BCUT2D eigenvalue weighted by molar-refractivity contribution is -0.175. The Morgan fingerprint density at radius 2 is 1.89 bits per heavy atom. The first-order chi connectivity index (χ1) is 17.8. The van der Waals surface area contributed by atoms with Crippen LogP contribution in [0.3, 0.4) is 0 Å². The molecular formula is C26H37N3O9. The van der Waals surface area contributed by atoms with Crippen LogP contribution in [0.4, 0.5) is 4.79 Å². The van der Waals surface area contributed by atoms with E-state index in [1.165, 1.54) is 4.90 Å². The summed E-state index contributed by atoms with van der Waals surface area (Å²) < 4.78 is 22.0. The smallest absolute Gasteiger partial charge is 0.408 e. The van der Waals surface area contributed by atoms with Gasteiger partial charge in [-0.15, -0.1) is 0 Å². The molecule has 3 rings (SSSR count). The van der Waals surface area contributed by atoms with Gasteiger partial charge in [0, 0.05) is 6.54 Å². The first-order valence-electron chi connectivity index (χ1n) is 12.5. The molecule has 0 aliphatic carbocycles. The highest BCUT2D eigenvalue weighted by Gasteiger charge is 2.55. The molecule has 0 spiro atoms. The van der Waals surface area contributed by atoms with Crippen molar-refractivity contribution in [3.8, 4) is 0 Å². The number of hydrogen-bond donors (Lipinski definition) is 3. The molecule has 2 heterocycles. The maximum atomic E-state index is 13.3. The second-order valence-electron chi connectivity index (χ2n) is 10.6. The zero-order chi connectivity index (χ0) is 28.1. The number of aliphatic hydroxyl groups is 1. The van der Waals surface area contributed by atoms with Gasteiger partial charge < -0.3 is 39.6 Å². The molecule has 0 aromatic heterocycles. The van der Waals surface area contributed by atoms with Gasteiger partial charge in [0.05, 0.1) is 25.7 Å². The zero-order valence-corrected chi connectivity index (χ0v) is 22.4. The lowest BCUT2D eigenvalue weighted by Crippen LogP contribution is -2.75. The minimum absolute atomic E-state index is 0.0401. The number of likely N-dealkylation sites (tertiary alicyclic amines) is 1. The average Bonchev–Trinajstić information content (AvgIpc) is 3.19. The van der Waals surface area contributed by atoms with Crippen molar-refractivity contribution in [2.75, 3.05) is 19.8 Å². The predicted octanol–water partition coefficient (Wildman–Crippen LogP) is 0.853. The fourth-order valence-corrected chi connectivity index (χ4v) is 4.30. The Morgan fingerprint density at radius 1 is 1.21 bits per heavy atom. The summed E-state index contributed by atoms with van der Waals surface area (Å²) in [5.41, 5.74) is -0.0670. The van der Waals surface area contributed by atoms with Gasteiger partial charge in [-0.2, -0.15) is 0 Å². The molecule has 12 nitrogen and oxygen atoms in total. The number of hydrogen-bond acceptors (Lipinski definition) is 9. The number of β-lactam (4-membered cyclic amide) rings is 1. The van der Waals surface area contributed by atoms with Crippen LogP contribution >= 0.6 is 0 Å². The van der Waals surface area contributed by atoms with Crippen molar-refractivity contribution in [3.63, 3.8) is 0 Å². The van der Waals surface area contributed by atoms with Gasteiger partial charge in [-0.25, -0.2) is 4.79 Å². The summed E-state index contributed by atoms with van der Waals surface area (Å²) in [6.45, 7) is 8.45. The molecule has 0 saturated carbocycles. The molecule has 1 aromatic rings. The van der Waals surface area contributed by atoms with E-state index in [2.05, 4.69) is 10.6 Å². The van der Waals surface area contributed by atoms with Crippen LogP contribution in [0.5, 0.6) is 0 Å². The van der Waals surface area contributed by atoms with Crippen molar-refractivity contribution in [1.29, 1.82) is 0 Å². The number of ether oxygens (including phenoxy) is 4. The highest BCUT2D eigenvalue weighted by molar-refractivity contribution is 5.96. The predicted molar refractivity (Wildman–Crippen MR) is 133 cm³/mol. The number of β-amino-alcohol motifs (C(OH)–C–C–N with tert-alkyl or cyclic N) is 1. The van der Waals surface area contributed by atoms with Gasteiger partial charge in [-0.3, -0.25) is 14.4 Å². The molecule has 12 heteroatoms. The maximum Gasteiger partial charge on any atom is 0.408 e. The number of nitrogens with one attached hydrogen (secondary N) is 2. The second kappa shape index (κ2) is 12.1. The van der Waals surface area contributed by atoms with E-state index < -0.39 is 65.9 Å². The topological polar surface area (TPSA) is 153 Å². The van der Waals surface area contributed by atoms with Crippen LogP contribution in [0.15, 0.2) is 30.3 Å². The molecule has 1 aromatic carbocycles. The zero-order valence-electron chi connectivity index (χ0n) is 22.4. The monoisotopic (exact) mass is 535 g/mol. The molecule has 2 aliphatic rings. The SMILES string of the molecule is CC(C)(C)OC(=O)C[C@H](NC(=O)OCc1ccccc1)C(=O)N[C@@H]1C(=O)N(CCO)[C@H]1[C@H]1COC(C)(C)O1. The van der Waals surface area contributed by atoms with E-state index in [1.807, 2.05) is 6.07 Å². The van der Waals surface area contributed by atoms with Crippen molar-refractivity contribution in [3.05, 3.63) is 35.9 Å². The Kier molecular flexibility index (Phi) is 9.34. The molecule has 2 fully saturated rings. The number of benzene rings is 1. The molecule has 210 valence electrons. The van der Waals surface area contributed by atoms with Crippen molar-refractivity contribution in [1.82, 2.24) is 15.5 Å². The fraction of sp³-hybridized carbons (Fsp3) is 0.615. The van der Waals surface area contributed by atoms with E-state index in [0.29, 0.717) is 0 Å². The summed E-state index contributed by atoms with van der Waals surface area (Å²) in [6, 6.07) is 5.98. The number of esters is 1. The van der Waals surface area contributed by atoms with Crippen LogP contribution in [-0.4, -0.2) is 89.3 Å². The van der Waals surface area contributed by atoms with Crippen molar-refractivity contribution < 1.29 is 43.2 Å². The number of carbonyl (C=O) groups excluding carboxylic acids is 4. The van der Waals surface area contributed by atoms with Crippen LogP contribution in [0, 0.1) is 0 Å². The fourth-order valence-electron chi connectivity index (χ4n) is 4.30. The van der Waals surface area contributed by atoms with E-state index in [0.717, 1.165) is 5.56 Å². The van der Waals surface area contributed by atoms with Gasteiger partial charge >= 0.3 is 12.1 Å². The van der Waals surface area contributed by atoms with E-state index in [-0.39, 0.29) is 26.4 Å². The molecule has 0 unspecified atom stereocenters. The highest BCUT2D eigenvalue weighted by atomic mass is 16.7. The summed E-state index contributed by atoms with van der Waals surface area (Å²) >= 11 is 0. The van der Waals surface area contributed by atoms with Crippen LogP contribution in [-0.2, 0) is 39.9 Å². The van der Waals surface area contributed by atoms with E-state index >= 15 is 0 Å². The third-order valence-corrected chi connectivity index (χ3v) is 5.91. The molecule has 38 heavy (non-hydrogen) atoms. The Hall–Kier alpha value is -3.22. The maximum absolute atomic E-state index is 13.3. The molecule has 0 bridgehead atoms. The molecule has 3 N–H and O–H groups in total. The summed E-state index contributed by atoms with van der Waals surface area (Å²) in [5.74, 6) is -2.77. The number of alkyl carbamates (subject to hydrolysis) is 1. The van der Waals surface area contributed by atoms with Gasteiger partial charge in [-0.05, 0) is 40.2 Å². The van der Waals surface area contributed by atoms with Crippen LogP contribution in [0.1, 0.15) is 46.6 Å². The summed E-state index contributed by atoms with van der Waals surface area (Å²) in [6.07, 6.45) is -1.94. The Bertz CT molecular complexity index is 1010. The summed E-state index contributed by atoms with van der Waals surface area (Å²) in [7, 11) is 0. The number of aliphatic hydroxyl groups excluding tert-OH is 1. The van der Waals surface area contributed by atoms with Crippen LogP contribution in [0.25, 0.3) is 0 Å². The number of amides is 3. The normalized spacial score (nSPS) is 23.3. The summed E-state index contributed by atoms with van der Waals surface area (Å²) in [5, 5.41) is 14.4. The Balaban J connectivity index is 1.70. The largest absolute Gasteiger partial charge is 0.460 e. The quantitative estimate of drug-likeness (QED) is 0.292. The van der Waals surface area contributed by atoms with E-state index in [4.69, 9.17) is 18.9 Å². The lowest BCUT2D eigenvalue weighted by atomic mass is 9.89. The molecule has 2 saturated heterocycles. The van der Waals surface area contributed by atoms with E-state index in [9.17, 15) is 24.3 Å². The summed E-state index contributed by atoms with van der Waals surface area (Å²) in [4.78, 5) is 52.5. The first kappa shape index (κ1) is 29.3. The number of rotatable bonds is 10. The molecule has 0 radical (unpaired) electrons. The van der Waals surface area contributed by atoms with Gasteiger partial charge in [0.25, 0.3) is 0 Å². The van der Waals surface area contributed by atoms with Gasteiger partial charge in [0.15, 0.2) is 5.79 Å². The molecule has 4 atom stereocenters. The Labute approximate surface area is 221 Å².